The molecule has 0 aliphatic carbocycles. The lowest BCUT2D eigenvalue weighted by Gasteiger charge is -2.24. The van der Waals surface area contributed by atoms with E-state index < -0.39 is 11.5 Å². The van der Waals surface area contributed by atoms with Crippen molar-refractivity contribution in [3.8, 4) is 0 Å². The van der Waals surface area contributed by atoms with Crippen LogP contribution in [-0.4, -0.2) is 22.1 Å². The van der Waals surface area contributed by atoms with Crippen LogP contribution in [0.4, 0.5) is 0 Å². The smallest absolute Gasteiger partial charge is 0.328 e. The van der Waals surface area contributed by atoms with Gasteiger partial charge in [-0.3, -0.25) is 0 Å². The summed E-state index contributed by atoms with van der Waals surface area (Å²) in [5.74, 6) is -0.440. The lowest BCUT2D eigenvalue weighted by atomic mass is 10.1. The summed E-state index contributed by atoms with van der Waals surface area (Å²) < 4.78 is 5.50. The summed E-state index contributed by atoms with van der Waals surface area (Å²) in [7, 11) is 0. The van der Waals surface area contributed by atoms with E-state index in [2.05, 4.69) is 0 Å². The van der Waals surface area contributed by atoms with Crippen LogP contribution in [0.15, 0.2) is 0 Å². The van der Waals surface area contributed by atoms with E-state index in [0.717, 1.165) is 3.94 Å². The highest BCUT2D eigenvalue weighted by Gasteiger charge is 2.34. The van der Waals surface area contributed by atoms with Gasteiger partial charge >= 0.3 is 5.97 Å². The summed E-state index contributed by atoms with van der Waals surface area (Å²) in [5.41, 5.74) is -0.987. The molecule has 0 aromatic heterocycles. The second-order valence-electron chi connectivity index (χ2n) is 2.51. The molecule has 0 saturated carbocycles. The third-order valence-electron chi connectivity index (χ3n) is 1.20. The van der Waals surface area contributed by atoms with E-state index in [4.69, 9.17) is 28.3 Å². The standard InChI is InChI=1S/C6H11Cl2NO2/c1-4-11-5(10)6(2,3)9(7)8/h4H2,1-3H3. The van der Waals surface area contributed by atoms with Crippen molar-refractivity contribution in [3.63, 3.8) is 0 Å². The molecule has 0 heterocycles. The van der Waals surface area contributed by atoms with E-state index >= 15 is 0 Å². The largest absolute Gasteiger partial charge is 0.465 e. The molecule has 0 rings (SSSR count). The van der Waals surface area contributed by atoms with E-state index in [1.54, 1.807) is 20.8 Å². The number of carbonyl (C=O) groups excluding carboxylic acids is 1. The monoisotopic (exact) mass is 199 g/mol. The fourth-order valence-electron chi connectivity index (χ4n) is 0.377. The normalized spacial score (nSPS) is 11.8. The van der Waals surface area contributed by atoms with Gasteiger partial charge in [-0.15, -0.1) is 3.94 Å². The first-order chi connectivity index (χ1) is 4.92. The van der Waals surface area contributed by atoms with Crippen molar-refractivity contribution in [2.75, 3.05) is 6.61 Å². The molecular weight excluding hydrogens is 189 g/mol. The minimum Gasteiger partial charge on any atom is -0.465 e. The van der Waals surface area contributed by atoms with E-state index in [-0.39, 0.29) is 0 Å². The Morgan fingerprint density at radius 1 is 1.55 bits per heavy atom. The minimum atomic E-state index is -0.987. The minimum absolute atomic E-state index is 0.323. The zero-order chi connectivity index (χ0) is 9.07. The second-order valence-corrected chi connectivity index (χ2v) is 3.36. The molecule has 0 aromatic carbocycles. The Morgan fingerprint density at radius 3 is 2.27 bits per heavy atom. The first-order valence-electron chi connectivity index (χ1n) is 3.22. The highest BCUT2D eigenvalue weighted by Crippen LogP contribution is 2.20. The van der Waals surface area contributed by atoms with Gasteiger partial charge in [0, 0.05) is 0 Å². The van der Waals surface area contributed by atoms with Gasteiger partial charge in [0.15, 0.2) is 0 Å². The van der Waals surface area contributed by atoms with Crippen LogP contribution in [-0.2, 0) is 9.53 Å². The van der Waals surface area contributed by atoms with Gasteiger partial charge in [-0.05, 0) is 44.3 Å². The summed E-state index contributed by atoms with van der Waals surface area (Å²) in [5, 5.41) is 0. The summed E-state index contributed by atoms with van der Waals surface area (Å²) in [4.78, 5) is 11.1. The van der Waals surface area contributed by atoms with E-state index in [0.29, 0.717) is 6.61 Å². The molecule has 0 aliphatic rings. The summed E-state index contributed by atoms with van der Waals surface area (Å²) >= 11 is 10.8. The van der Waals surface area contributed by atoms with Crippen LogP contribution in [0.2, 0.25) is 0 Å². The van der Waals surface area contributed by atoms with Gasteiger partial charge in [0.25, 0.3) is 0 Å². The first-order valence-corrected chi connectivity index (χ1v) is 3.89. The van der Waals surface area contributed by atoms with Crippen molar-refractivity contribution in [2.45, 2.75) is 26.3 Å². The molecule has 3 nitrogen and oxygen atoms in total. The summed E-state index contributed by atoms with van der Waals surface area (Å²) in [6, 6.07) is 0. The third kappa shape index (κ3) is 2.85. The molecule has 11 heavy (non-hydrogen) atoms. The van der Waals surface area contributed by atoms with Crippen LogP contribution >= 0.6 is 23.6 Å². The number of carbonyl (C=O) groups is 1. The molecule has 0 bridgehead atoms. The molecular formula is C6H11Cl2NO2. The van der Waals surface area contributed by atoms with Crippen molar-refractivity contribution in [1.29, 1.82) is 0 Å². The molecule has 0 aromatic rings. The van der Waals surface area contributed by atoms with Crippen LogP contribution in [0.5, 0.6) is 0 Å². The van der Waals surface area contributed by atoms with Crippen LogP contribution in [0.3, 0.4) is 0 Å². The zero-order valence-corrected chi connectivity index (χ0v) is 8.24. The van der Waals surface area contributed by atoms with Gasteiger partial charge in [-0.25, -0.2) is 4.79 Å². The first kappa shape index (κ1) is 11.0. The topological polar surface area (TPSA) is 29.5 Å². The van der Waals surface area contributed by atoms with Gasteiger partial charge in [0.05, 0.1) is 6.61 Å². The van der Waals surface area contributed by atoms with Crippen LogP contribution in [0.1, 0.15) is 20.8 Å². The average Bonchev–Trinajstić information content (AvgIpc) is 1.88. The Bertz CT molecular complexity index is 148. The maximum atomic E-state index is 11.1. The fourth-order valence-corrected chi connectivity index (χ4v) is 0.515. The lowest BCUT2D eigenvalue weighted by molar-refractivity contribution is -0.151. The molecule has 0 saturated heterocycles. The maximum absolute atomic E-state index is 11.1. The van der Waals surface area contributed by atoms with E-state index in [1.807, 2.05) is 0 Å². The Morgan fingerprint density at radius 2 is 2.00 bits per heavy atom. The van der Waals surface area contributed by atoms with E-state index in [1.165, 1.54) is 0 Å². The Kier molecular flexibility index (Phi) is 4.14. The predicted octanol–water partition coefficient (Wildman–Crippen LogP) is 1.94. The highest BCUT2D eigenvalue weighted by molar-refractivity contribution is 6.35. The number of esters is 1. The van der Waals surface area contributed by atoms with Crippen molar-refractivity contribution in [1.82, 2.24) is 3.94 Å². The number of nitrogens with zero attached hydrogens (tertiary/aromatic N) is 1. The average molecular weight is 200 g/mol. The van der Waals surface area contributed by atoms with Gasteiger partial charge in [0.1, 0.15) is 5.54 Å². The molecule has 66 valence electrons. The maximum Gasteiger partial charge on any atom is 0.328 e. The second kappa shape index (κ2) is 4.14. The molecule has 0 atom stereocenters. The van der Waals surface area contributed by atoms with Crippen LogP contribution in [0.25, 0.3) is 0 Å². The Hall–Kier alpha value is 0.01000. The fraction of sp³-hybridized carbons (Fsp3) is 0.833. The van der Waals surface area contributed by atoms with Crippen LogP contribution < -0.4 is 0 Å². The van der Waals surface area contributed by atoms with Gasteiger partial charge < -0.3 is 4.74 Å². The van der Waals surface area contributed by atoms with E-state index in [9.17, 15) is 4.79 Å². The predicted molar refractivity (Wildman–Crippen MR) is 44.3 cm³/mol. The molecule has 0 amide bonds. The summed E-state index contributed by atoms with van der Waals surface area (Å²) in [6.45, 7) is 5.20. The number of hydrogen-bond acceptors (Lipinski definition) is 3. The third-order valence-corrected chi connectivity index (χ3v) is 2.04. The van der Waals surface area contributed by atoms with Crippen molar-refractivity contribution in [2.24, 2.45) is 0 Å². The van der Waals surface area contributed by atoms with Crippen molar-refractivity contribution < 1.29 is 9.53 Å². The van der Waals surface area contributed by atoms with Crippen molar-refractivity contribution in [3.05, 3.63) is 0 Å². The van der Waals surface area contributed by atoms with Gasteiger partial charge in [0.2, 0.25) is 0 Å². The number of ether oxygens (including phenoxy) is 1. The van der Waals surface area contributed by atoms with Crippen molar-refractivity contribution >= 4 is 29.5 Å². The highest BCUT2D eigenvalue weighted by atomic mass is 35.5. The molecule has 0 N–H and O–H groups in total. The molecule has 0 radical (unpaired) electrons. The Labute approximate surface area is 76.4 Å². The number of rotatable bonds is 3. The Balaban J connectivity index is 4.18. The van der Waals surface area contributed by atoms with Crippen LogP contribution in [0, 0.1) is 0 Å². The molecule has 0 fully saturated rings. The molecule has 0 unspecified atom stereocenters. The molecule has 5 heteroatoms. The number of hydrogen-bond donors (Lipinski definition) is 0. The van der Waals surface area contributed by atoms with Gasteiger partial charge in [-0.1, -0.05) is 0 Å². The molecule has 0 aliphatic heterocycles. The lowest BCUT2D eigenvalue weighted by Crippen LogP contribution is -2.41. The quantitative estimate of drug-likeness (QED) is 0.515. The molecule has 0 spiro atoms. The summed E-state index contributed by atoms with van der Waals surface area (Å²) in [6.07, 6.45) is 0. The zero-order valence-electron chi connectivity index (χ0n) is 6.73. The van der Waals surface area contributed by atoms with Gasteiger partial charge in [-0.2, -0.15) is 0 Å². The number of halogens is 2. The SMILES string of the molecule is CCOC(=O)C(C)(C)N(Cl)Cl.